The number of aryl methyl sites for hydroxylation is 1. The first-order valence-corrected chi connectivity index (χ1v) is 7.40. The molecule has 2 aromatic rings. The van der Waals surface area contributed by atoms with Gasteiger partial charge in [0.2, 0.25) is 5.89 Å². The normalized spacial score (nSPS) is 17.5. The number of carbonyl (C=O) groups is 1. The smallest absolute Gasteiger partial charge is 0.288 e. The molecule has 0 N–H and O–H groups in total. The van der Waals surface area contributed by atoms with Crippen molar-refractivity contribution in [1.29, 1.82) is 0 Å². The standard InChI is InChI=1S/C14H13ClN4O4/c1-8-16-13(23-17-8)11-3-2-6-18(11)14(20)9-4-5-10(15)12(7-9)19(21)22/h4-5,7,11H,2-3,6H2,1H3. The van der Waals surface area contributed by atoms with E-state index in [1.54, 1.807) is 11.8 Å². The second-order valence-corrected chi connectivity index (χ2v) is 5.67. The fourth-order valence-electron chi connectivity index (χ4n) is 2.67. The second kappa shape index (κ2) is 5.96. The summed E-state index contributed by atoms with van der Waals surface area (Å²) in [6.07, 6.45) is 1.51. The van der Waals surface area contributed by atoms with Crippen LogP contribution in [0.25, 0.3) is 0 Å². The van der Waals surface area contributed by atoms with Gasteiger partial charge in [0.25, 0.3) is 11.6 Å². The average molecular weight is 337 g/mol. The molecule has 0 spiro atoms. The van der Waals surface area contributed by atoms with Gasteiger partial charge in [-0.2, -0.15) is 4.98 Å². The molecule has 1 unspecified atom stereocenters. The third-order valence-corrected chi connectivity index (χ3v) is 4.05. The van der Waals surface area contributed by atoms with E-state index in [2.05, 4.69) is 10.1 Å². The Morgan fingerprint density at radius 3 is 2.96 bits per heavy atom. The maximum atomic E-state index is 12.7. The van der Waals surface area contributed by atoms with Crippen molar-refractivity contribution in [3.63, 3.8) is 0 Å². The number of hydrogen-bond donors (Lipinski definition) is 0. The number of nitro benzene ring substituents is 1. The number of amides is 1. The minimum Gasteiger partial charge on any atom is -0.337 e. The molecule has 1 aliphatic rings. The van der Waals surface area contributed by atoms with E-state index in [1.165, 1.54) is 18.2 Å². The van der Waals surface area contributed by atoms with Crippen LogP contribution in [-0.4, -0.2) is 32.4 Å². The molecule has 9 heteroatoms. The van der Waals surface area contributed by atoms with Gasteiger partial charge in [-0.25, -0.2) is 0 Å². The Morgan fingerprint density at radius 1 is 1.52 bits per heavy atom. The summed E-state index contributed by atoms with van der Waals surface area (Å²) in [5.74, 6) is 0.571. The number of benzene rings is 1. The molecule has 0 aliphatic carbocycles. The van der Waals surface area contributed by atoms with Crippen LogP contribution in [0.3, 0.4) is 0 Å². The van der Waals surface area contributed by atoms with Crippen LogP contribution in [0.2, 0.25) is 5.02 Å². The van der Waals surface area contributed by atoms with Crippen LogP contribution in [0.5, 0.6) is 0 Å². The van der Waals surface area contributed by atoms with E-state index in [-0.39, 0.29) is 28.2 Å². The Morgan fingerprint density at radius 2 is 2.30 bits per heavy atom. The van der Waals surface area contributed by atoms with Crippen molar-refractivity contribution in [3.8, 4) is 0 Å². The third-order valence-electron chi connectivity index (χ3n) is 3.73. The summed E-state index contributed by atoms with van der Waals surface area (Å²) in [5, 5.41) is 14.7. The van der Waals surface area contributed by atoms with Gasteiger partial charge in [0.1, 0.15) is 11.1 Å². The Bertz CT molecular complexity index is 776. The summed E-state index contributed by atoms with van der Waals surface area (Å²) in [6, 6.07) is 3.72. The number of rotatable bonds is 3. The molecule has 2 heterocycles. The summed E-state index contributed by atoms with van der Waals surface area (Å²) in [4.78, 5) is 28.8. The summed E-state index contributed by atoms with van der Waals surface area (Å²) >= 11 is 5.78. The summed E-state index contributed by atoms with van der Waals surface area (Å²) in [6.45, 7) is 2.23. The molecule has 23 heavy (non-hydrogen) atoms. The molecule has 1 fully saturated rings. The first-order chi connectivity index (χ1) is 11.0. The fourth-order valence-corrected chi connectivity index (χ4v) is 2.85. The van der Waals surface area contributed by atoms with Gasteiger partial charge >= 0.3 is 0 Å². The number of aromatic nitrogens is 2. The van der Waals surface area contributed by atoms with E-state index in [9.17, 15) is 14.9 Å². The molecule has 3 rings (SSSR count). The van der Waals surface area contributed by atoms with Crippen molar-refractivity contribution in [2.45, 2.75) is 25.8 Å². The molecule has 1 aromatic heterocycles. The number of halogens is 1. The zero-order chi connectivity index (χ0) is 16.6. The van der Waals surface area contributed by atoms with Crippen LogP contribution in [0.15, 0.2) is 22.7 Å². The van der Waals surface area contributed by atoms with E-state index in [1.807, 2.05) is 0 Å². The fraction of sp³-hybridized carbons (Fsp3) is 0.357. The zero-order valence-electron chi connectivity index (χ0n) is 12.2. The maximum Gasteiger partial charge on any atom is 0.288 e. The Balaban J connectivity index is 1.90. The number of nitro groups is 1. The van der Waals surface area contributed by atoms with Crippen LogP contribution in [-0.2, 0) is 0 Å². The van der Waals surface area contributed by atoms with Crippen molar-refractivity contribution in [3.05, 3.63) is 50.6 Å². The number of nitrogens with zero attached hydrogens (tertiary/aromatic N) is 4. The minimum atomic E-state index is -0.609. The molecule has 1 aliphatic heterocycles. The SMILES string of the molecule is Cc1noc(C2CCCN2C(=O)c2ccc(Cl)c([N+](=O)[O-])c2)n1. The third kappa shape index (κ3) is 2.89. The van der Waals surface area contributed by atoms with E-state index in [4.69, 9.17) is 16.1 Å². The van der Waals surface area contributed by atoms with E-state index < -0.39 is 4.92 Å². The summed E-state index contributed by atoms with van der Waals surface area (Å²) in [7, 11) is 0. The van der Waals surface area contributed by atoms with Crippen LogP contribution in [0.1, 0.15) is 41.0 Å². The van der Waals surface area contributed by atoms with Crippen molar-refractivity contribution in [2.24, 2.45) is 0 Å². The lowest BCUT2D eigenvalue weighted by Gasteiger charge is -2.21. The van der Waals surface area contributed by atoms with Crippen LogP contribution >= 0.6 is 11.6 Å². The Labute approximate surface area is 136 Å². The quantitative estimate of drug-likeness (QED) is 0.630. The summed E-state index contributed by atoms with van der Waals surface area (Å²) in [5.41, 5.74) is -0.0777. The molecule has 120 valence electrons. The van der Waals surface area contributed by atoms with E-state index in [0.717, 1.165) is 6.42 Å². The molecule has 1 amide bonds. The van der Waals surface area contributed by atoms with Crippen LogP contribution in [0, 0.1) is 17.0 Å². The molecule has 1 atom stereocenters. The van der Waals surface area contributed by atoms with Crippen molar-refractivity contribution in [2.75, 3.05) is 6.54 Å². The zero-order valence-corrected chi connectivity index (χ0v) is 13.0. The molecular weight excluding hydrogens is 324 g/mol. The van der Waals surface area contributed by atoms with Gasteiger partial charge in [0.15, 0.2) is 5.82 Å². The van der Waals surface area contributed by atoms with Gasteiger partial charge in [-0.05, 0) is 31.9 Å². The van der Waals surface area contributed by atoms with Crippen LogP contribution in [0.4, 0.5) is 5.69 Å². The Kier molecular flexibility index (Phi) is 3.99. The average Bonchev–Trinajstić information content (AvgIpc) is 3.15. The molecule has 0 saturated carbocycles. The second-order valence-electron chi connectivity index (χ2n) is 5.26. The van der Waals surface area contributed by atoms with Crippen molar-refractivity contribution < 1.29 is 14.2 Å². The van der Waals surface area contributed by atoms with Gasteiger partial charge in [-0.3, -0.25) is 14.9 Å². The van der Waals surface area contributed by atoms with E-state index in [0.29, 0.717) is 24.7 Å². The topological polar surface area (TPSA) is 102 Å². The van der Waals surface area contributed by atoms with Crippen molar-refractivity contribution in [1.82, 2.24) is 15.0 Å². The molecular formula is C14H13ClN4O4. The highest BCUT2D eigenvalue weighted by Crippen LogP contribution is 2.33. The van der Waals surface area contributed by atoms with Crippen molar-refractivity contribution >= 4 is 23.2 Å². The molecule has 8 nitrogen and oxygen atoms in total. The van der Waals surface area contributed by atoms with Gasteiger partial charge in [-0.1, -0.05) is 16.8 Å². The molecule has 1 aromatic carbocycles. The highest BCUT2D eigenvalue weighted by atomic mass is 35.5. The molecule has 0 radical (unpaired) electrons. The highest BCUT2D eigenvalue weighted by molar-refractivity contribution is 6.32. The summed E-state index contributed by atoms with van der Waals surface area (Å²) < 4.78 is 5.16. The highest BCUT2D eigenvalue weighted by Gasteiger charge is 2.34. The lowest BCUT2D eigenvalue weighted by Crippen LogP contribution is -2.30. The number of hydrogen-bond acceptors (Lipinski definition) is 6. The minimum absolute atomic E-state index is 0.00273. The van der Waals surface area contributed by atoms with Gasteiger partial charge in [0.05, 0.1) is 4.92 Å². The lowest BCUT2D eigenvalue weighted by molar-refractivity contribution is -0.384. The predicted molar refractivity (Wildman–Crippen MR) is 80.2 cm³/mol. The number of likely N-dealkylation sites (tertiary alicyclic amines) is 1. The number of carbonyl (C=O) groups excluding carboxylic acids is 1. The predicted octanol–water partition coefficient (Wildman–Crippen LogP) is 2.92. The Hall–Kier alpha value is -2.48. The first-order valence-electron chi connectivity index (χ1n) is 7.02. The van der Waals surface area contributed by atoms with Gasteiger partial charge in [-0.15, -0.1) is 0 Å². The lowest BCUT2D eigenvalue weighted by atomic mass is 10.1. The largest absolute Gasteiger partial charge is 0.337 e. The maximum absolute atomic E-state index is 12.7. The first kappa shape index (κ1) is 15.4. The molecule has 0 bridgehead atoms. The molecule has 1 saturated heterocycles. The van der Waals surface area contributed by atoms with Gasteiger partial charge in [0, 0.05) is 18.2 Å². The van der Waals surface area contributed by atoms with Gasteiger partial charge < -0.3 is 9.42 Å². The monoisotopic (exact) mass is 336 g/mol. The van der Waals surface area contributed by atoms with E-state index >= 15 is 0 Å². The van der Waals surface area contributed by atoms with Crippen LogP contribution < -0.4 is 0 Å².